The van der Waals surface area contributed by atoms with Crippen LogP contribution in [0.4, 0.5) is 10.1 Å². The number of nitrogens with zero attached hydrogens (tertiary/aromatic N) is 1. The fraction of sp³-hybridized carbons (Fsp3) is 0.600. The highest BCUT2D eigenvalue weighted by Gasteiger charge is 2.32. The number of hydrogen-bond donors (Lipinski definition) is 1. The summed E-state index contributed by atoms with van der Waals surface area (Å²) < 4.78 is 13.2. The Balaban J connectivity index is 2.16. The molecule has 4 heteroatoms. The molecule has 0 spiro atoms. The number of halogens is 2. The third-order valence-electron chi connectivity index (χ3n) is 3.76. The first-order chi connectivity index (χ1) is 9.01. The van der Waals surface area contributed by atoms with Gasteiger partial charge in [0.1, 0.15) is 5.82 Å². The molecule has 0 unspecified atom stereocenters. The van der Waals surface area contributed by atoms with Crippen LogP contribution in [0.3, 0.4) is 0 Å². The zero-order valence-electron chi connectivity index (χ0n) is 11.7. The van der Waals surface area contributed by atoms with E-state index in [1.165, 1.54) is 25.3 Å². The molecular formula is C15H22ClFN2. The molecule has 106 valence electrons. The first kappa shape index (κ1) is 14.6. The SMILES string of the molecule is CN(C)CC1(Nc2ccc(F)c(Cl)c2)CCCCC1. The summed E-state index contributed by atoms with van der Waals surface area (Å²) in [7, 11) is 4.19. The van der Waals surface area contributed by atoms with Crippen molar-refractivity contribution in [1.82, 2.24) is 4.90 Å². The van der Waals surface area contributed by atoms with Crippen molar-refractivity contribution >= 4 is 17.3 Å². The van der Waals surface area contributed by atoms with Crippen LogP contribution in [0.15, 0.2) is 18.2 Å². The molecule has 1 fully saturated rings. The van der Waals surface area contributed by atoms with E-state index >= 15 is 0 Å². The van der Waals surface area contributed by atoms with Crippen molar-refractivity contribution in [2.45, 2.75) is 37.6 Å². The minimum absolute atomic E-state index is 0.0862. The molecule has 0 aromatic heterocycles. The lowest BCUT2D eigenvalue weighted by Gasteiger charge is -2.41. The van der Waals surface area contributed by atoms with Crippen LogP contribution in [-0.4, -0.2) is 31.1 Å². The van der Waals surface area contributed by atoms with Gasteiger partial charge in [0, 0.05) is 17.8 Å². The number of nitrogens with one attached hydrogen (secondary N) is 1. The highest BCUT2D eigenvalue weighted by molar-refractivity contribution is 6.31. The Morgan fingerprint density at radius 1 is 1.26 bits per heavy atom. The lowest BCUT2D eigenvalue weighted by molar-refractivity contribution is 0.240. The molecule has 0 aliphatic heterocycles. The van der Waals surface area contributed by atoms with Crippen LogP contribution < -0.4 is 5.32 Å². The fourth-order valence-corrected chi connectivity index (χ4v) is 3.22. The number of rotatable bonds is 4. The molecule has 2 nitrogen and oxygen atoms in total. The van der Waals surface area contributed by atoms with Gasteiger partial charge in [-0.3, -0.25) is 0 Å². The van der Waals surface area contributed by atoms with E-state index in [0.717, 1.165) is 25.1 Å². The molecular weight excluding hydrogens is 263 g/mol. The molecule has 2 rings (SSSR count). The highest BCUT2D eigenvalue weighted by atomic mass is 35.5. The van der Waals surface area contributed by atoms with Gasteiger partial charge in [0.25, 0.3) is 0 Å². The van der Waals surface area contributed by atoms with Crippen molar-refractivity contribution in [3.8, 4) is 0 Å². The molecule has 1 aliphatic carbocycles. The van der Waals surface area contributed by atoms with Gasteiger partial charge in [0.2, 0.25) is 0 Å². The van der Waals surface area contributed by atoms with Crippen molar-refractivity contribution in [2.24, 2.45) is 0 Å². The Kier molecular flexibility index (Phi) is 4.69. The van der Waals surface area contributed by atoms with E-state index < -0.39 is 0 Å². The molecule has 1 aliphatic rings. The van der Waals surface area contributed by atoms with Gasteiger partial charge < -0.3 is 10.2 Å². The first-order valence-corrected chi connectivity index (χ1v) is 7.27. The maximum absolute atomic E-state index is 13.2. The lowest BCUT2D eigenvalue weighted by Crippen LogP contribution is -2.48. The maximum Gasteiger partial charge on any atom is 0.141 e. The summed E-state index contributed by atoms with van der Waals surface area (Å²) in [5.41, 5.74) is 0.998. The molecule has 0 atom stereocenters. The standard InChI is InChI=1S/C15H22ClFN2/c1-19(2)11-15(8-4-3-5-9-15)18-12-6-7-14(17)13(16)10-12/h6-7,10,18H,3-5,8-9,11H2,1-2H3. The van der Waals surface area contributed by atoms with E-state index in [1.807, 2.05) is 0 Å². The summed E-state index contributed by atoms with van der Waals surface area (Å²) in [5.74, 6) is -0.363. The van der Waals surface area contributed by atoms with E-state index in [-0.39, 0.29) is 16.4 Å². The van der Waals surface area contributed by atoms with Gasteiger partial charge in [-0.1, -0.05) is 30.9 Å². The van der Waals surface area contributed by atoms with Crippen LogP contribution in [-0.2, 0) is 0 Å². The average molecular weight is 285 g/mol. The van der Waals surface area contributed by atoms with Gasteiger partial charge in [-0.15, -0.1) is 0 Å². The zero-order chi connectivity index (χ0) is 13.9. The average Bonchev–Trinajstić information content (AvgIpc) is 2.34. The molecule has 19 heavy (non-hydrogen) atoms. The molecule has 1 N–H and O–H groups in total. The predicted octanol–water partition coefficient (Wildman–Crippen LogP) is 4.16. The molecule has 0 radical (unpaired) electrons. The Bertz CT molecular complexity index is 428. The van der Waals surface area contributed by atoms with Crippen molar-refractivity contribution in [3.05, 3.63) is 29.0 Å². The summed E-state index contributed by atoms with van der Waals surface area (Å²) in [5, 5.41) is 3.78. The largest absolute Gasteiger partial charge is 0.378 e. The van der Waals surface area contributed by atoms with Gasteiger partial charge >= 0.3 is 0 Å². The van der Waals surface area contributed by atoms with Crippen LogP contribution in [0.25, 0.3) is 0 Å². The van der Waals surface area contributed by atoms with Crippen LogP contribution in [0.2, 0.25) is 5.02 Å². The van der Waals surface area contributed by atoms with Gasteiger partial charge in [0.15, 0.2) is 0 Å². The molecule has 0 heterocycles. The van der Waals surface area contributed by atoms with E-state index in [0.29, 0.717) is 0 Å². The highest BCUT2D eigenvalue weighted by Crippen LogP contribution is 2.33. The fourth-order valence-electron chi connectivity index (χ4n) is 3.04. The number of hydrogen-bond acceptors (Lipinski definition) is 2. The molecule has 0 bridgehead atoms. The Hall–Kier alpha value is -0.800. The molecule has 0 amide bonds. The molecule has 0 saturated heterocycles. The quantitative estimate of drug-likeness (QED) is 0.893. The number of anilines is 1. The minimum Gasteiger partial charge on any atom is -0.378 e. The van der Waals surface area contributed by atoms with Crippen molar-refractivity contribution in [3.63, 3.8) is 0 Å². The second kappa shape index (κ2) is 6.10. The Labute approximate surface area is 119 Å². The Morgan fingerprint density at radius 2 is 1.95 bits per heavy atom. The summed E-state index contributed by atoms with van der Waals surface area (Å²) in [6.45, 7) is 0.988. The van der Waals surface area contributed by atoms with Crippen LogP contribution in [0, 0.1) is 5.82 Å². The van der Waals surface area contributed by atoms with E-state index in [2.05, 4.69) is 24.3 Å². The van der Waals surface area contributed by atoms with Crippen LogP contribution in [0.1, 0.15) is 32.1 Å². The third-order valence-corrected chi connectivity index (χ3v) is 4.05. The van der Waals surface area contributed by atoms with Gasteiger partial charge in [-0.05, 0) is 45.1 Å². The predicted molar refractivity (Wildman–Crippen MR) is 79.4 cm³/mol. The summed E-state index contributed by atoms with van der Waals surface area (Å²) in [6.07, 6.45) is 6.10. The van der Waals surface area contributed by atoms with Crippen molar-refractivity contribution < 1.29 is 4.39 Å². The van der Waals surface area contributed by atoms with Crippen molar-refractivity contribution in [1.29, 1.82) is 0 Å². The number of benzene rings is 1. The lowest BCUT2D eigenvalue weighted by atomic mass is 9.81. The van der Waals surface area contributed by atoms with E-state index in [1.54, 1.807) is 12.1 Å². The Morgan fingerprint density at radius 3 is 2.53 bits per heavy atom. The second-order valence-corrected chi connectivity index (χ2v) is 6.24. The van der Waals surface area contributed by atoms with Crippen LogP contribution in [0.5, 0.6) is 0 Å². The van der Waals surface area contributed by atoms with Crippen molar-refractivity contribution in [2.75, 3.05) is 26.0 Å². The maximum atomic E-state index is 13.2. The molecule has 1 aromatic carbocycles. The second-order valence-electron chi connectivity index (χ2n) is 5.83. The smallest absolute Gasteiger partial charge is 0.141 e. The van der Waals surface area contributed by atoms with E-state index in [9.17, 15) is 4.39 Å². The molecule has 1 aromatic rings. The summed E-state index contributed by atoms with van der Waals surface area (Å²) in [6, 6.07) is 4.88. The number of likely N-dealkylation sites (N-methyl/N-ethyl adjacent to an activating group) is 1. The van der Waals surface area contributed by atoms with E-state index in [4.69, 9.17) is 11.6 Å². The zero-order valence-corrected chi connectivity index (χ0v) is 12.4. The minimum atomic E-state index is -0.363. The topological polar surface area (TPSA) is 15.3 Å². The van der Waals surface area contributed by atoms with Gasteiger partial charge in [-0.2, -0.15) is 0 Å². The summed E-state index contributed by atoms with van der Waals surface area (Å²) >= 11 is 5.86. The molecule has 1 saturated carbocycles. The monoisotopic (exact) mass is 284 g/mol. The normalized spacial score (nSPS) is 18.6. The van der Waals surface area contributed by atoms with Gasteiger partial charge in [-0.25, -0.2) is 4.39 Å². The van der Waals surface area contributed by atoms with Crippen LogP contribution >= 0.6 is 11.6 Å². The van der Waals surface area contributed by atoms with Gasteiger partial charge in [0.05, 0.1) is 5.02 Å². The summed E-state index contributed by atoms with van der Waals surface area (Å²) in [4.78, 5) is 2.21. The first-order valence-electron chi connectivity index (χ1n) is 6.89. The third kappa shape index (κ3) is 3.83.